The predicted octanol–water partition coefficient (Wildman–Crippen LogP) is 2.12. The Kier molecular flexibility index (Phi) is 9.45. The summed E-state index contributed by atoms with van der Waals surface area (Å²) in [7, 11) is 0. The number of hydrogen-bond donors (Lipinski definition) is 4. The van der Waals surface area contributed by atoms with E-state index < -0.39 is 22.5 Å². The predicted molar refractivity (Wildman–Crippen MR) is 163 cm³/mol. The van der Waals surface area contributed by atoms with Crippen molar-refractivity contribution in [3.63, 3.8) is 0 Å². The number of aromatic amines is 2. The molecule has 0 radical (unpaired) electrons. The SMILES string of the molecule is Cc1cc(/N=C/c2ccc(NC(=O)CCn3cc(C)c(=O)[nH]c3=O)cc2)ccc1NC(=O)CCn1cc(C)c(=O)[nH]c1=O. The Morgan fingerprint density at radius 3 is 1.81 bits per heavy atom. The number of aryl methyl sites for hydroxylation is 5. The number of carbonyl (C=O) groups excluding carboxylic acids is 2. The second-order valence-electron chi connectivity index (χ2n) is 10.0. The zero-order valence-corrected chi connectivity index (χ0v) is 23.9. The molecule has 4 rings (SSSR count). The highest BCUT2D eigenvalue weighted by molar-refractivity contribution is 5.92. The number of rotatable bonds is 10. The van der Waals surface area contributed by atoms with Gasteiger partial charge >= 0.3 is 11.4 Å². The molecule has 0 aliphatic rings. The molecule has 13 heteroatoms. The van der Waals surface area contributed by atoms with Crippen molar-refractivity contribution in [1.29, 1.82) is 0 Å². The molecule has 2 aromatic heterocycles. The van der Waals surface area contributed by atoms with Crippen LogP contribution in [0.15, 0.2) is 79.0 Å². The van der Waals surface area contributed by atoms with Gasteiger partial charge in [0.05, 0.1) is 5.69 Å². The van der Waals surface area contributed by atoms with Gasteiger partial charge < -0.3 is 10.6 Å². The summed E-state index contributed by atoms with van der Waals surface area (Å²) in [5.41, 5.74) is 2.25. The standard InChI is InChI=1S/C30H31N7O6/c1-18-14-23(8-9-24(18)33-26(39)11-13-37-17-20(3)28(41)35-30(37)43)31-15-21-4-6-22(7-5-21)32-25(38)10-12-36-16-19(2)27(40)34-29(36)42/h4-9,14-17H,10-13H2,1-3H3,(H,32,38)(H,33,39)(H,34,40,42)(H,35,41,43)/b31-15+. The van der Waals surface area contributed by atoms with Crippen LogP contribution in [0.5, 0.6) is 0 Å². The van der Waals surface area contributed by atoms with Crippen molar-refractivity contribution in [2.45, 2.75) is 46.7 Å². The first-order valence-electron chi connectivity index (χ1n) is 13.4. The Morgan fingerprint density at radius 2 is 1.28 bits per heavy atom. The molecule has 13 nitrogen and oxygen atoms in total. The third-order valence-electron chi connectivity index (χ3n) is 6.58. The Balaban J connectivity index is 1.28. The van der Waals surface area contributed by atoms with Gasteiger partial charge in [0.25, 0.3) is 11.1 Å². The van der Waals surface area contributed by atoms with Crippen LogP contribution >= 0.6 is 0 Å². The minimum atomic E-state index is -0.561. The monoisotopic (exact) mass is 585 g/mol. The molecule has 0 fully saturated rings. The number of hydrogen-bond acceptors (Lipinski definition) is 7. The first-order valence-corrected chi connectivity index (χ1v) is 13.4. The van der Waals surface area contributed by atoms with Crippen LogP contribution in [-0.2, 0) is 22.7 Å². The Hall–Kier alpha value is -5.59. The zero-order chi connectivity index (χ0) is 31.1. The molecular weight excluding hydrogens is 554 g/mol. The fourth-order valence-electron chi connectivity index (χ4n) is 4.12. The van der Waals surface area contributed by atoms with Gasteiger partial charge in [-0.05, 0) is 62.2 Å². The normalized spacial score (nSPS) is 11.0. The number of anilines is 2. The van der Waals surface area contributed by atoms with E-state index in [4.69, 9.17) is 0 Å². The number of benzene rings is 2. The van der Waals surface area contributed by atoms with Crippen LogP contribution in [0.3, 0.4) is 0 Å². The highest BCUT2D eigenvalue weighted by Gasteiger charge is 2.09. The molecule has 0 spiro atoms. The van der Waals surface area contributed by atoms with Crippen LogP contribution in [0.4, 0.5) is 17.1 Å². The van der Waals surface area contributed by atoms with E-state index in [1.165, 1.54) is 21.5 Å². The van der Waals surface area contributed by atoms with E-state index in [9.17, 15) is 28.8 Å². The fraction of sp³-hybridized carbons (Fsp3) is 0.233. The van der Waals surface area contributed by atoms with E-state index in [1.54, 1.807) is 56.5 Å². The fourth-order valence-corrected chi connectivity index (χ4v) is 4.12. The maximum absolute atomic E-state index is 12.5. The molecular formula is C30H31N7O6. The molecule has 0 bridgehead atoms. The number of H-pyrrole nitrogens is 2. The highest BCUT2D eigenvalue weighted by Crippen LogP contribution is 2.22. The summed E-state index contributed by atoms with van der Waals surface area (Å²) in [6.07, 6.45) is 4.64. The van der Waals surface area contributed by atoms with Crippen molar-refractivity contribution in [3.05, 3.63) is 119 Å². The molecule has 222 valence electrons. The van der Waals surface area contributed by atoms with Crippen LogP contribution in [0, 0.1) is 20.8 Å². The lowest BCUT2D eigenvalue weighted by atomic mass is 10.1. The lowest BCUT2D eigenvalue weighted by molar-refractivity contribution is -0.117. The summed E-state index contributed by atoms with van der Waals surface area (Å²) < 4.78 is 2.58. The van der Waals surface area contributed by atoms with Gasteiger partial charge in [0.2, 0.25) is 11.8 Å². The van der Waals surface area contributed by atoms with Crippen LogP contribution in [-0.4, -0.2) is 37.1 Å². The lowest BCUT2D eigenvalue weighted by Crippen LogP contribution is -2.31. The zero-order valence-electron chi connectivity index (χ0n) is 23.9. The molecule has 0 unspecified atom stereocenters. The van der Waals surface area contributed by atoms with Gasteiger partial charge in [-0.3, -0.25) is 43.3 Å². The number of carbonyl (C=O) groups is 2. The summed E-state index contributed by atoms with van der Waals surface area (Å²) >= 11 is 0. The lowest BCUT2D eigenvalue weighted by Gasteiger charge is -2.10. The van der Waals surface area contributed by atoms with Crippen LogP contribution in [0.2, 0.25) is 0 Å². The first kappa shape index (κ1) is 30.4. The Bertz CT molecular complexity index is 1930. The van der Waals surface area contributed by atoms with E-state index in [0.29, 0.717) is 28.2 Å². The van der Waals surface area contributed by atoms with Gasteiger partial charge in [-0.2, -0.15) is 0 Å². The largest absolute Gasteiger partial charge is 0.328 e. The van der Waals surface area contributed by atoms with E-state index in [-0.39, 0.29) is 37.7 Å². The minimum absolute atomic E-state index is 0.0516. The number of aliphatic imine (C=N–C) groups is 1. The number of nitrogens with one attached hydrogen (secondary N) is 4. The van der Waals surface area contributed by atoms with Gasteiger partial charge in [0.15, 0.2) is 0 Å². The molecule has 43 heavy (non-hydrogen) atoms. The average molecular weight is 586 g/mol. The van der Waals surface area contributed by atoms with E-state index in [2.05, 4.69) is 25.6 Å². The second-order valence-corrected chi connectivity index (χ2v) is 10.0. The second kappa shape index (κ2) is 13.4. The quantitative estimate of drug-likeness (QED) is 0.207. The molecule has 0 saturated carbocycles. The third-order valence-corrected chi connectivity index (χ3v) is 6.58. The molecule has 0 aliphatic carbocycles. The molecule has 2 amide bonds. The summed E-state index contributed by atoms with van der Waals surface area (Å²) in [5.74, 6) is -0.553. The van der Waals surface area contributed by atoms with Crippen molar-refractivity contribution in [2.75, 3.05) is 10.6 Å². The molecule has 4 aromatic rings. The number of nitrogens with zero attached hydrogens (tertiary/aromatic N) is 3. The summed E-state index contributed by atoms with van der Waals surface area (Å²) in [6, 6.07) is 12.4. The van der Waals surface area contributed by atoms with Crippen molar-refractivity contribution in [3.8, 4) is 0 Å². The average Bonchev–Trinajstić information content (AvgIpc) is 2.96. The van der Waals surface area contributed by atoms with Crippen molar-refractivity contribution < 1.29 is 9.59 Å². The maximum Gasteiger partial charge on any atom is 0.328 e. The molecule has 0 saturated heterocycles. The number of aromatic nitrogens is 4. The summed E-state index contributed by atoms with van der Waals surface area (Å²) in [4.78, 5) is 80.4. The van der Waals surface area contributed by atoms with Gasteiger partial charge in [-0.1, -0.05) is 12.1 Å². The maximum atomic E-state index is 12.5. The summed E-state index contributed by atoms with van der Waals surface area (Å²) in [6.45, 7) is 5.28. The van der Waals surface area contributed by atoms with Crippen molar-refractivity contribution in [2.24, 2.45) is 4.99 Å². The third kappa shape index (κ3) is 8.22. The topological polar surface area (TPSA) is 180 Å². The van der Waals surface area contributed by atoms with Gasteiger partial charge in [-0.15, -0.1) is 0 Å². The molecule has 2 heterocycles. The first-order chi connectivity index (χ1) is 20.5. The Labute approximate surface area is 245 Å². The highest BCUT2D eigenvalue weighted by atomic mass is 16.2. The van der Waals surface area contributed by atoms with Crippen molar-refractivity contribution >= 4 is 35.1 Å². The molecule has 0 aliphatic heterocycles. The molecule has 0 atom stereocenters. The summed E-state index contributed by atoms with van der Waals surface area (Å²) in [5, 5.41) is 5.61. The van der Waals surface area contributed by atoms with Crippen molar-refractivity contribution in [1.82, 2.24) is 19.1 Å². The Morgan fingerprint density at radius 1 is 0.744 bits per heavy atom. The molecule has 2 aromatic carbocycles. The van der Waals surface area contributed by atoms with E-state index >= 15 is 0 Å². The molecule has 4 N–H and O–H groups in total. The number of amides is 2. The van der Waals surface area contributed by atoms with Crippen LogP contribution in [0.1, 0.15) is 35.1 Å². The van der Waals surface area contributed by atoms with Crippen LogP contribution < -0.4 is 33.1 Å². The smallest absolute Gasteiger partial charge is 0.326 e. The van der Waals surface area contributed by atoms with E-state index in [1.807, 2.05) is 13.0 Å². The van der Waals surface area contributed by atoms with Gasteiger partial charge in [0.1, 0.15) is 0 Å². The van der Waals surface area contributed by atoms with Gasteiger partial charge in [0, 0.05) is 67.0 Å². The van der Waals surface area contributed by atoms with E-state index in [0.717, 1.165) is 11.1 Å². The van der Waals surface area contributed by atoms with Gasteiger partial charge in [-0.25, -0.2) is 9.59 Å². The van der Waals surface area contributed by atoms with Crippen LogP contribution in [0.25, 0.3) is 0 Å². The minimum Gasteiger partial charge on any atom is -0.326 e.